The molecule has 6 heteroatoms. The second-order valence-electron chi connectivity index (χ2n) is 9.81. The predicted octanol–water partition coefficient (Wildman–Crippen LogP) is 4.53. The van der Waals surface area contributed by atoms with Gasteiger partial charge in [0.05, 0.1) is 0 Å². The van der Waals surface area contributed by atoms with Crippen LogP contribution in [0.4, 0.5) is 0 Å². The molecule has 1 aliphatic heterocycles. The summed E-state index contributed by atoms with van der Waals surface area (Å²) in [6, 6.07) is -0.391. The summed E-state index contributed by atoms with van der Waals surface area (Å²) in [7, 11) is -4.25. The van der Waals surface area contributed by atoms with E-state index < -0.39 is 22.6 Å². The maximum atomic E-state index is 12.9. The second kappa shape index (κ2) is 6.02. The lowest BCUT2D eigenvalue weighted by atomic mass is 10.2. The number of amides is 1. The van der Waals surface area contributed by atoms with Crippen molar-refractivity contribution < 1.29 is 14.0 Å². The number of hydrogen-bond acceptors (Lipinski definition) is 3. The maximum Gasteiger partial charge on any atom is 0.314 e. The largest absolute Gasteiger partial charge is 0.518 e. The average Bonchev–Trinajstić information content (AvgIpc) is 2.67. The molecule has 1 rings (SSSR count). The summed E-state index contributed by atoms with van der Waals surface area (Å²) in [5.41, 5.74) is 0. The number of hydrogen-bond donors (Lipinski definition) is 0. The van der Waals surface area contributed by atoms with Gasteiger partial charge >= 0.3 is 5.97 Å². The van der Waals surface area contributed by atoms with Crippen molar-refractivity contribution in [3.05, 3.63) is 0 Å². The summed E-state index contributed by atoms with van der Waals surface area (Å²) in [4.78, 5) is 25.4. The van der Waals surface area contributed by atoms with E-state index in [0.29, 0.717) is 12.8 Å². The van der Waals surface area contributed by atoms with Crippen LogP contribution in [-0.2, 0) is 14.0 Å². The standard InChI is InChI=1S/C17H35NO3Si2/c1-16(2,3)22(7,8)18-13(11-12-14(18)19)15(20)21-23(9,10)17(4,5)6/h13H,11-12H2,1-10H3. The van der Waals surface area contributed by atoms with Crippen LogP contribution in [-0.4, -0.2) is 39.0 Å². The molecule has 1 aliphatic rings. The van der Waals surface area contributed by atoms with Crippen molar-refractivity contribution in [1.29, 1.82) is 0 Å². The molecule has 1 atom stereocenters. The molecule has 0 aromatic carbocycles. The first-order chi connectivity index (χ1) is 10.0. The molecule has 1 amide bonds. The SMILES string of the molecule is CC(C)(C)[Si](C)(C)OC(=O)C1CCC(=O)N1[Si](C)(C)C(C)(C)C. The van der Waals surface area contributed by atoms with Gasteiger partial charge in [0.1, 0.15) is 6.04 Å². The lowest BCUT2D eigenvalue weighted by Crippen LogP contribution is -2.61. The Morgan fingerprint density at radius 2 is 1.52 bits per heavy atom. The first-order valence-corrected chi connectivity index (χ1v) is 14.4. The van der Waals surface area contributed by atoms with Crippen molar-refractivity contribution in [2.24, 2.45) is 0 Å². The zero-order valence-electron chi connectivity index (χ0n) is 16.7. The Morgan fingerprint density at radius 1 is 1.04 bits per heavy atom. The number of carbonyl (C=O) groups excluding carboxylic acids is 2. The van der Waals surface area contributed by atoms with E-state index in [9.17, 15) is 9.59 Å². The first kappa shape index (κ1) is 20.4. The third kappa shape index (κ3) is 3.90. The minimum absolute atomic E-state index is 0.0164. The first-order valence-electron chi connectivity index (χ1n) is 8.57. The molecule has 134 valence electrons. The summed E-state index contributed by atoms with van der Waals surface area (Å²) in [5.74, 6) is -0.0685. The monoisotopic (exact) mass is 357 g/mol. The predicted molar refractivity (Wildman–Crippen MR) is 100 cm³/mol. The van der Waals surface area contributed by atoms with E-state index in [2.05, 4.69) is 67.7 Å². The van der Waals surface area contributed by atoms with Gasteiger partial charge in [0.25, 0.3) is 8.32 Å². The van der Waals surface area contributed by atoms with E-state index in [0.717, 1.165) is 0 Å². The van der Waals surface area contributed by atoms with Crippen molar-refractivity contribution in [3.63, 3.8) is 0 Å². The summed E-state index contributed by atoms with van der Waals surface area (Å²) >= 11 is 0. The molecule has 0 radical (unpaired) electrons. The van der Waals surface area contributed by atoms with Crippen LogP contribution in [0.5, 0.6) is 0 Å². The van der Waals surface area contributed by atoms with Crippen molar-refractivity contribution in [2.45, 2.75) is 96.7 Å². The van der Waals surface area contributed by atoms with Crippen LogP contribution in [0.15, 0.2) is 0 Å². The lowest BCUT2D eigenvalue weighted by Gasteiger charge is -2.46. The molecule has 1 heterocycles. The third-order valence-electron chi connectivity index (χ3n) is 6.08. The van der Waals surface area contributed by atoms with Gasteiger partial charge in [-0.3, -0.25) is 9.59 Å². The van der Waals surface area contributed by atoms with Crippen molar-refractivity contribution in [3.8, 4) is 0 Å². The molecular formula is C17H35NO3Si2. The van der Waals surface area contributed by atoms with E-state index >= 15 is 0 Å². The molecule has 0 aromatic heterocycles. The molecule has 0 spiro atoms. The van der Waals surface area contributed by atoms with Gasteiger partial charge in [0, 0.05) is 6.42 Å². The Kier molecular flexibility index (Phi) is 5.35. The summed E-state index contributed by atoms with van der Waals surface area (Å²) in [6.07, 6.45) is 1.06. The number of rotatable bonds is 3. The molecule has 0 aromatic rings. The van der Waals surface area contributed by atoms with Crippen molar-refractivity contribution in [2.75, 3.05) is 0 Å². The fourth-order valence-corrected chi connectivity index (χ4v) is 5.86. The van der Waals surface area contributed by atoms with Gasteiger partial charge in [-0.25, -0.2) is 0 Å². The van der Waals surface area contributed by atoms with Gasteiger partial charge in [0.15, 0.2) is 8.24 Å². The highest BCUT2D eigenvalue weighted by molar-refractivity contribution is 6.80. The van der Waals surface area contributed by atoms with E-state index in [1.165, 1.54) is 0 Å². The molecule has 0 bridgehead atoms. The van der Waals surface area contributed by atoms with Crippen molar-refractivity contribution >= 4 is 28.4 Å². The highest BCUT2D eigenvalue weighted by atomic mass is 28.4. The Hall–Kier alpha value is -0.626. The zero-order valence-corrected chi connectivity index (χ0v) is 18.7. The Morgan fingerprint density at radius 3 is 1.91 bits per heavy atom. The molecule has 1 unspecified atom stereocenters. The van der Waals surface area contributed by atoms with Gasteiger partial charge in [-0.15, -0.1) is 0 Å². The van der Waals surface area contributed by atoms with E-state index in [4.69, 9.17) is 4.43 Å². The third-order valence-corrected chi connectivity index (χ3v) is 15.8. The van der Waals surface area contributed by atoms with Gasteiger partial charge in [-0.2, -0.15) is 0 Å². The molecule has 0 aliphatic carbocycles. The molecule has 1 fully saturated rings. The van der Waals surface area contributed by atoms with Gasteiger partial charge < -0.3 is 8.99 Å². The van der Waals surface area contributed by atoms with Gasteiger partial charge in [0.2, 0.25) is 5.91 Å². The minimum atomic E-state index is -2.16. The van der Waals surface area contributed by atoms with Crippen LogP contribution < -0.4 is 0 Å². The fraction of sp³-hybridized carbons (Fsp3) is 0.882. The smallest absolute Gasteiger partial charge is 0.314 e. The van der Waals surface area contributed by atoms with E-state index in [1.54, 1.807) is 0 Å². The molecule has 4 nitrogen and oxygen atoms in total. The molecule has 0 N–H and O–H groups in total. The zero-order chi connectivity index (χ0) is 18.4. The van der Waals surface area contributed by atoms with E-state index in [-0.39, 0.29) is 22.0 Å². The Bertz CT molecular complexity index is 487. The topological polar surface area (TPSA) is 46.6 Å². The summed E-state index contributed by atoms with van der Waals surface area (Å²) in [5, 5.41) is -0.00438. The van der Waals surface area contributed by atoms with Crippen LogP contribution >= 0.6 is 0 Å². The van der Waals surface area contributed by atoms with Crippen LogP contribution in [0.1, 0.15) is 54.4 Å². The van der Waals surface area contributed by atoms with Gasteiger partial charge in [-0.1, -0.05) is 54.6 Å². The molecule has 1 saturated heterocycles. The van der Waals surface area contributed by atoms with Crippen molar-refractivity contribution in [1.82, 2.24) is 4.57 Å². The number of nitrogens with zero attached hydrogens (tertiary/aromatic N) is 1. The fourth-order valence-electron chi connectivity index (χ4n) is 2.44. The Balaban J connectivity index is 3.08. The average molecular weight is 358 g/mol. The van der Waals surface area contributed by atoms with Crippen LogP contribution in [0.25, 0.3) is 0 Å². The number of carbonyl (C=O) groups is 2. The molecule has 23 heavy (non-hydrogen) atoms. The quantitative estimate of drug-likeness (QED) is 0.697. The molecular weight excluding hydrogens is 322 g/mol. The summed E-state index contributed by atoms with van der Waals surface area (Å²) < 4.78 is 7.92. The highest BCUT2D eigenvalue weighted by Gasteiger charge is 2.52. The maximum absolute atomic E-state index is 12.9. The van der Waals surface area contributed by atoms with Crippen LogP contribution in [0, 0.1) is 0 Å². The van der Waals surface area contributed by atoms with Crippen LogP contribution in [0.2, 0.25) is 36.3 Å². The van der Waals surface area contributed by atoms with E-state index in [1.807, 2.05) is 4.57 Å². The van der Waals surface area contributed by atoms with Gasteiger partial charge in [-0.05, 0) is 29.6 Å². The normalized spacial score (nSPS) is 20.9. The highest BCUT2D eigenvalue weighted by Crippen LogP contribution is 2.43. The molecule has 0 saturated carbocycles. The lowest BCUT2D eigenvalue weighted by molar-refractivity contribution is -0.142. The second-order valence-corrected chi connectivity index (χ2v) is 19.6. The van der Waals surface area contributed by atoms with Crippen LogP contribution in [0.3, 0.4) is 0 Å². The Labute approximate surface area is 144 Å². The minimum Gasteiger partial charge on any atom is -0.518 e. The summed E-state index contributed by atoms with van der Waals surface area (Å²) in [6.45, 7) is 21.4.